The van der Waals surface area contributed by atoms with E-state index in [4.69, 9.17) is 37.9 Å². The molecule has 0 saturated carbocycles. The van der Waals surface area contributed by atoms with Gasteiger partial charge in [0, 0.05) is 30.1 Å². The Bertz CT molecular complexity index is 1470. The maximum absolute atomic E-state index is 12.6. The Morgan fingerprint density at radius 3 is 1.23 bits per heavy atom. The first-order chi connectivity index (χ1) is 25.1. The van der Waals surface area contributed by atoms with Crippen molar-refractivity contribution in [3.8, 4) is 23.0 Å². The molecule has 0 aliphatic heterocycles. The van der Waals surface area contributed by atoms with Crippen LogP contribution in [0.25, 0.3) is 0 Å². The Hall–Kier alpha value is -5.78. The number of hydrogen-bond acceptors (Lipinski definition) is 12. The Morgan fingerprint density at radius 1 is 0.519 bits per heavy atom. The highest BCUT2D eigenvalue weighted by Gasteiger charge is 2.19. The molecule has 2 unspecified atom stereocenters. The van der Waals surface area contributed by atoms with Gasteiger partial charge >= 0.3 is 23.9 Å². The first-order valence-corrected chi connectivity index (χ1v) is 16.8. The van der Waals surface area contributed by atoms with E-state index in [9.17, 15) is 19.2 Å². The Morgan fingerprint density at radius 2 is 0.865 bits per heavy atom. The molecule has 0 bridgehead atoms. The molecule has 0 fully saturated rings. The van der Waals surface area contributed by atoms with Gasteiger partial charge in [0.1, 0.15) is 49.4 Å². The first kappa shape index (κ1) is 40.6. The third-order valence-electron chi connectivity index (χ3n) is 6.85. The molecule has 2 atom stereocenters. The predicted molar refractivity (Wildman–Crippen MR) is 191 cm³/mol. The van der Waals surface area contributed by atoms with Crippen molar-refractivity contribution in [2.75, 3.05) is 39.6 Å². The number of hydrogen-bond donors (Lipinski definition) is 0. The molecule has 278 valence electrons. The highest BCUT2D eigenvalue weighted by Crippen LogP contribution is 2.21. The zero-order valence-corrected chi connectivity index (χ0v) is 29.6. The Kier molecular flexibility index (Phi) is 17.9. The highest BCUT2D eigenvalue weighted by molar-refractivity contribution is 5.87. The van der Waals surface area contributed by atoms with Crippen LogP contribution in [0.2, 0.25) is 0 Å². The summed E-state index contributed by atoms with van der Waals surface area (Å²) in [4.78, 5) is 48.4. The van der Waals surface area contributed by atoms with E-state index in [2.05, 4.69) is 13.2 Å². The van der Waals surface area contributed by atoms with Crippen LogP contribution in [0.1, 0.15) is 39.5 Å². The van der Waals surface area contributed by atoms with E-state index in [1.807, 2.05) is 36.4 Å². The van der Waals surface area contributed by atoms with Gasteiger partial charge in [-0.25, -0.2) is 9.59 Å². The molecule has 0 aliphatic carbocycles. The Labute approximate surface area is 304 Å². The third-order valence-corrected chi connectivity index (χ3v) is 6.85. The molecule has 52 heavy (non-hydrogen) atoms. The van der Waals surface area contributed by atoms with E-state index in [1.165, 1.54) is 0 Å². The summed E-state index contributed by atoms with van der Waals surface area (Å²) in [6.07, 6.45) is -0.922. The average Bonchev–Trinajstić information content (AvgIpc) is 3.14. The zero-order chi connectivity index (χ0) is 37.6. The van der Waals surface area contributed by atoms with Gasteiger partial charge in [-0.05, 0) is 63.1 Å². The van der Waals surface area contributed by atoms with Crippen LogP contribution in [0.4, 0.5) is 0 Å². The SMILES string of the molecule is C=C(C)C(=O)OCCCC(=O)OC(COc1ccccc1)COc1cccc(OCC(COc2ccccc2)OC(=O)CCCOC(=O)C(=C)C)c1. The van der Waals surface area contributed by atoms with Gasteiger partial charge in [0.2, 0.25) is 0 Å². The number of esters is 4. The second-order valence-corrected chi connectivity index (χ2v) is 11.6. The molecule has 3 aromatic rings. The molecule has 3 rings (SSSR count). The van der Waals surface area contributed by atoms with Crippen molar-refractivity contribution in [3.63, 3.8) is 0 Å². The molecule has 0 aliphatic rings. The Balaban J connectivity index is 1.56. The molecule has 12 nitrogen and oxygen atoms in total. The fourth-order valence-corrected chi connectivity index (χ4v) is 4.17. The average molecular weight is 719 g/mol. The highest BCUT2D eigenvalue weighted by atomic mass is 16.6. The van der Waals surface area contributed by atoms with Gasteiger partial charge in [-0.2, -0.15) is 0 Å². The van der Waals surface area contributed by atoms with Gasteiger partial charge < -0.3 is 37.9 Å². The van der Waals surface area contributed by atoms with Gasteiger partial charge in [-0.1, -0.05) is 55.6 Å². The smallest absolute Gasteiger partial charge is 0.333 e. The molecule has 0 saturated heterocycles. The van der Waals surface area contributed by atoms with E-state index >= 15 is 0 Å². The zero-order valence-electron chi connectivity index (χ0n) is 29.6. The summed E-state index contributed by atoms with van der Waals surface area (Å²) in [5.41, 5.74) is 0.556. The van der Waals surface area contributed by atoms with Crippen molar-refractivity contribution in [2.24, 2.45) is 0 Å². The molecule has 0 amide bonds. The largest absolute Gasteiger partial charge is 0.490 e. The molecule has 3 aromatic carbocycles. The number of para-hydroxylation sites is 2. The quantitative estimate of drug-likeness (QED) is 0.0449. The molecular weight excluding hydrogens is 672 g/mol. The summed E-state index contributed by atoms with van der Waals surface area (Å²) in [7, 11) is 0. The van der Waals surface area contributed by atoms with E-state index in [0.717, 1.165) is 0 Å². The van der Waals surface area contributed by atoms with Gasteiger partial charge in [-0.15, -0.1) is 0 Å². The predicted octanol–water partition coefficient (Wildman–Crippen LogP) is 6.22. The monoisotopic (exact) mass is 718 g/mol. The van der Waals surface area contributed by atoms with Crippen LogP contribution >= 0.6 is 0 Å². The molecule has 0 N–H and O–H groups in total. The van der Waals surface area contributed by atoms with Crippen molar-refractivity contribution in [1.82, 2.24) is 0 Å². The van der Waals surface area contributed by atoms with E-state index in [-0.39, 0.29) is 76.5 Å². The van der Waals surface area contributed by atoms with Crippen molar-refractivity contribution in [1.29, 1.82) is 0 Å². The maximum atomic E-state index is 12.6. The lowest BCUT2D eigenvalue weighted by atomic mass is 10.3. The number of rotatable bonds is 24. The van der Waals surface area contributed by atoms with Crippen LogP contribution in [0.5, 0.6) is 23.0 Å². The fraction of sp³-hybridized carbons (Fsp3) is 0.350. The van der Waals surface area contributed by atoms with Gasteiger partial charge in [-0.3, -0.25) is 9.59 Å². The maximum Gasteiger partial charge on any atom is 0.333 e. The first-order valence-electron chi connectivity index (χ1n) is 16.8. The summed E-state index contributed by atoms with van der Waals surface area (Å²) in [5, 5.41) is 0. The second-order valence-electron chi connectivity index (χ2n) is 11.6. The molecular formula is C40H46O12. The van der Waals surface area contributed by atoms with Crippen molar-refractivity contribution in [3.05, 3.63) is 109 Å². The number of benzene rings is 3. The minimum Gasteiger partial charge on any atom is -0.490 e. The lowest BCUT2D eigenvalue weighted by Gasteiger charge is -2.20. The molecule has 0 heterocycles. The number of carbonyl (C=O) groups excluding carboxylic acids is 4. The lowest BCUT2D eigenvalue weighted by molar-refractivity contribution is -0.153. The number of carbonyl (C=O) groups is 4. The standard InChI is InChI=1S/C40H46O12/c1-29(2)39(43)45-22-12-20-37(41)51-35(25-47-31-14-7-5-8-15-31)27-49-33-18-11-19-34(24-33)50-28-36(26-48-32-16-9-6-10-17-32)52-38(42)21-13-23-46-40(44)30(3)4/h5-11,14-19,24,35-36H,1,3,12-13,20-23,25-28H2,2,4H3. The third kappa shape index (κ3) is 16.8. The lowest BCUT2D eigenvalue weighted by Crippen LogP contribution is -2.31. The summed E-state index contributed by atoms with van der Waals surface area (Å²) in [5.74, 6) is 0.0306. The summed E-state index contributed by atoms with van der Waals surface area (Å²) in [6.45, 7) is 10.3. The van der Waals surface area contributed by atoms with Crippen LogP contribution in [-0.2, 0) is 38.1 Å². The summed E-state index contributed by atoms with van der Waals surface area (Å²) >= 11 is 0. The van der Waals surface area contributed by atoms with Crippen LogP contribution < -0.4 is 18.9 Å². The van der Waals surface area contributed by atoms with Crippen LogP contribution in [-0.4, -0.2) is 75.7 Å². The summed E-state index contributed by atoms with van der Waals surface area (Å²) in [6, 6.07) is 25.0. The van der Waals surface area contributed by atoms with E-state index in [1.54, 1.807) is 62.4 Å². The van der Waals surface area contributed by atoms with Crippen molar-refractivity contribution in [2.45, 2.75) is 51.7 Å². The molecule has 0 aromatic heterocycles. The van der Waals surface area contributed by atoms with Crippen LogP contribution in [0.15, 0.2) is 109 Å². The van der Waals surface area contributed by atoms with E-state index < -0.39 is 36.1 Å². The van der Waals surface area contributed by atoms with Gasteiger partial charge in [0.15, 0.2) is 12.2 Å². The minimum absolute atomic E-state index is 0.0246. The van der Waals surface area contributed by atoms with Gasteiger partial charge in [0.25, 0.3) is 0 Å². The molecule has 12 heteroatoms. The summed E-state index contributed by atoms with van der Waals surface area (Å²) < 4.78 is 45.0. The van der Waals surface area contributed by atoms with Gasteiger partial charge in [0.05, 0.1) is 13.2 Å². The second kappa shape index (κ2) is 22.8. The fourth-order valence-electron chi connectivity index (χ4n) is 4.17. The number of ether oxygens (including phenoxy) is 8. The topological polar surface area (TPSA) is 142 Å². The molecule has 0 spiro atoms. The van der Waals surface area contributed by atoms with Crippen molar-refractivity contribution >= 4 is 23.9 Å². The van der Waals surface area contributed by atoms with Crippen LogP contribution in [0.3, 0.4) is 0 Å². The van der Waals surface area contributed by atoms with Crippen LogP contribution in [0, 0.1) is 0 Å². The molecule has 0 radical (unpaired) electrons. The van der Waals surface area contributed by atoms with Crippen molar-refractivity contribution < 1.29 is 57.1 Å². The normalized spacial score (nSPS) is 11.6. The minimum atomic E-state index is -0.765. The van der Waals surface area contributed by atoms with E-state index in [0.29, 0.717) is 23.0 Å².